The number of rotatable bonds is 5. The molecule has 11 heteroatoms. The molecule has 0 aliphatic carbocycles. The largest absolute Gasteiger partial charge is 0.465 e. The van der Waals surface area contributed by atoms with Crippen LogP contribution in [0, 0.1) is 17.8 Å². The van der Waals surface area contributed by atoms with Crippen molar-refractivity contribution < 1.29 is 29.0 Å². The van der Waals surface area contributed by atoms with E-state index in [4.69, 9.17) is 9.47 Å². The number of allylic oxidation sites excluding steroid dienone is 1. The van der Waals surface area contributed by atoms with Gasteiger partial charge in [-0.05, 0) is 44.2 Å². The van der Waals surface area contributed by atoms with E-state index in [1.54, 1.807) is 22.6 Å². The van der Waals surface area contributed by atoms with Crippen LogP contribution in [0.1, 0.15) is 40.0 Å². The molecule has 218 valence electrons. The van der Waals surface area contributed by atoms with Crippen molar-refractivity contribution in [2.75, 3.05) is 19.8 Å². The predicted octanol–water partition coefficient (Wildman–Crippen LogP) is 2.06. The Labute approximate surface area is 238 Å². The van der Waals surface area contributed by atoms with E-state index in [0.717, 1.165) is 24.8 Å². The van der Waals surface area contributed by atoms with Crippen molar-refractivity contribution in [1.82, 2.24) is 24.8 Å². The van der Waals surface area contributed by atoms with Gasteiger partial charge < -0.3 is 24.4 Å². The van der Waals surface area contributed by atoms with Gasteiger partial charge in [0.05, 0.1) is 36.3 Å². The van der Waals surface area contributed by atoms with Crippen LogP contribution in [0.25, 0.3) is 11.0 Å². The van der Waals surface area contributed by atoms with Crippen molar-refractivity contribution >= 4 is 28.8 Å². The van der Waals surface area contributed by atoms with Crippen molar-refractivity contribution in [3.05, 3.63) is 48.6 Å². The monoisotopic (exact) mass is 563 g/mol. The number of hydrogen-bond acceptors (Lipinski definition) is 8. The van der Waals surface area contributed by atoms with Gasteiger partial charge in [-0.1, -0.05) is 55.5 Å². The molecule has 0 radical (unpaired) electrons. The number of aromatic nitrogens is 3. The van der Waals surface area contributed by atoms with Crippen LogP contribution in [0.5, 0.6) is 0 Å². The Morgan fingerprint density at radius 1 is 1.07 bits per heavy atom. The number of esters is 1. The molecule has 41 heavy (non-hydrogen) atoms. The fourth-order valence-electron chi connectivity index (χ4n) is 7.07. The number of amides is 2. The molecule has 2 aromatic rings. The molecular weight excluding hydrogens is 526 g/mol. The molecular formula is C30H37N5O6. The molecule has 1 aromatic heterocycles. The lowest BCUT2D eigenvalue weighted by Gasteiger charge is -2.41. The summed E-state index contributed by atoms with van der Waals surface area (Å²) in [5.74, 6) is -3.33. The SMILES string of the molecule is CC(C)[C@H](CO)N1C(=O)[C@@H]2[C@H]3C(=O)OCCCC/C=C\[C@@]3(C)O[C@@]23C=CCN(Cn2nnc4ccccc42)C(=O)C13. The maximum Gasteiger partial charge on any atom is 0.313 e. The number of aliphatic hydroxyl groups is 1. The number of carbonyl (C=O) groups is 3. The maximum absolute atomic E-state index is 14.6. The molecule has 6 rings (SSSR count). The molecule has 6 atom stereocenters. The number of carbonyl (C=O) groups excluding carboxylic acids is 3. The molecule has 1 unspecified atom stereocenters. The number of likely N-dealkylation sites (tertiary alicyclic amines) is 1. The predicted molar refractivity (Wildman–Crippen MR) is 148 cm³/mol. The van der Waals surface area contributed by atoms with Crippen LogP contribution in [0.15, 0.2) is 48.6 Å². The molecule has 4 aliphatic rings. The highest BCUT2D eigenvalue weighted by atomic mass is 16.6. The summed E-state index contributed by atoms with van der Waals surface area (Å²) in [5, 5.41) is 18.9. The summed E-state index contributed by atoms with van der Waals surface area (Å²) in [6, 6.07) is 5.75. The third kappa shape index (κ3) is 4.28. The Morgan fingerprint density at radius 3 is 2.66 bits per heavy atom. The molecule has 2 fully saturated rings. The van der Waals surface area contributed by atoms with Crippen LogP contribution >= 0.6 is 0 Å². The van der Waals surface area contributed by atoms with Crippen molar-refractivity contribution in [2.45, 2.75) is 70.0 Å². The number of cyclic esters (lactones) is 1. The van der Waals surface area contributed by atoms with E-state index in [0.29, 0.717) is 5.52 Å². The molecule has 4 aliphatic heterocycles. The van der Waals surface area contributed by atoms with Gasteiger partial charge in [-0.25, -0.2) is 4.68 Å². The Bertz CT molecular complexity index is 1420. The smallest absolute Gasteiger partial charge is 0.313 e. The number of ether oxygens (including phenoxy) is 2. The average Bonchev–Trinajstić information content (AvgIpc) is 3.50. The first-order valence-electron chi connectivity index (χ1n) is 14.4. The highest BCUT2D eigenvalue weighted by Gasteiger charge is 2.75. The van der Waals surface area contributed by atoms with Gasteiger partial charge >= 0.3 is 5.97 Å². The molecule has 11 nitrogen and oxygen atoms in total. The number of benzene rings is 1. The summed E-state index contributed by atoms with van der Waals surface area (Å²) in [6.45, 7) is 5.88. The zero-order chi connectivity index (χ0) is 28.9. The van der Waals surface area contributed by atoms with Gasteiger partial charge in [-0.15, -0.1) is 5.10 Å². The van der Waals surface area contributed by atoms with Crippen LogP contribution in [0.2, 0.25) is 0 Å². The summed E-state index contributed by atoms with van der Waals surface area (Å²) in [4.78, 5) is 45.8. The summed E-state index contributed by atoms with van der Waals surface area (Å²) in [5.41, 5.74) is -1.10. The number of fused-ring (bicyclic) bond motifs is 3. The first kappa shape index (κ1) is 27.6. The van der Waals surface area contributed by atoms with Crippen LogP contribution in [-0.2, 0) is 30.5 Å². The molecule has 1 N–H and O–H groups in total. The third-order valence-corrected chi connectivity index (χ3v) is 9.06. The van der Waals surface area contributed by atoms with Crippen LogP contribution in [-0.4, -0.2) is 90.7 Å². The number of para-hydroxylation sites is 1. The van der Waals surface area contributed by atoms with Crippen molar-refractivity contribution in [2.24, 2.45) is 17.8 Å². The van der Waals surface area contributed by atoms with Gasteiger partial charge in [-0.3, -0.25) is 14.4 Å². The molecule has 2 saturated heterocycles. The fourth-order valence-corrected chi connectivity index (χ4v) is 7.07. The molecule has 2 amide bonds. The van der Waals surface area contributed by atoms with E-state index in [1.807, 2.05) is 56.3 Å². The molecule has 0 bridgehead atoms. The lowest BCUT2D eigenvalue weighted by Crippen LogP contribution is -2.59. The molecule has 1 spiro atoms. The zero-order valence-corrected chi connectivity index (χ0v) is 23.7. The normalized spacial score (nSPS) is 33.4. The standard InChI is InChI=1S/C30H37N5O6/c1-19(2)22(17-36)35-25-27(38)33(18-34-21-12-7-6-11-20(21)31-32-34)15-10-14-30(25)23(26(35)37)24-28(39)40-16-9-5-4-8-13-29(24,3)41-30/h6-8,10-14,19,22-25,36H,4-5,9,15-18H2,1-3H3/b13-8-/t22-,23-,24-,25?,29+,30-/m0/s1. The lowest BCUT2D eigenvalue weighted by atomic mass is 9.74. The number of nitrogens with zero attached hydrogens (tertiary/aromatic N) is 5. The first-order chi connectivity index (χ1) is 19.7. The molecule has 5 heterocycles. The highest BCUT2D eigenvalue weighted by Crippen LogP contribution is 2.57. The number of aliphatic hydroxyl groups excluding tert-OH is 1. The lowest BCUT2D eigenvalue weighted by molar-refractivity contribution is -0.162. The van der Waals surface area contributed by atoms with Crippen LogP contribution in [0.3, 0.4) is 0 Å². The van der Waals surface area contributed by atoms with Gasteiger partial charge in [0, 0.05) is 6.54 Å². The van der Waals surface area contributed by atoms with E-state index in [9.17, 15) is 19.5 Å². The van der Waals surface area contributed by atoms with Crippen molar-refractivity contribution in [3.63, 3.8) is 0 Å². The Kier molecular flexibility index (Phi) is 6.97. The summed E-state index contributed by atoms with van der Waals surface area (Å²) in [6.07, 6.45) is 9.87. The Morgan fingerprint density at radius 2 is 1.88 bits per heavy atom. The zero-order valence-electron chi connectivity index (χ0n) is 23.7. The number of hydrogen-bond donors (Lipinski definition) is 1. The van der Waals surface area contributed by atoms with Crippen LogP contribution in [0.4, 0.5) is 0 Å². The van der Waals surface area contributed by atoms with Crippen molar-refractivity contribution in [3.8, 4) is 0 Å². The summed E-state index contributed by atoms with van der Waals surface area (Å²) in [7, 11) is 0. The summed E-state index contributed by atoms with van der Waals surface area (Å²) < 4.78 is 14.2. The third-order valence-electron chi connectivity index (χ3n) is 9.06. The Hall–Kier alpha value is -3.57. The van der Waals surface area contributed by atoms with Crippen LogP contribution < -0.4 is 0 Å². The van der Waals surface area contributed by atoms with Gasteiger partial charge in [0.1, 0.15) is 29.7 Å². The van der Waals surface area contributed by atoms with Gasteiger partial charge in [-0.2, -0.15) is 0 Å². The first-order valence-corrected chi connectivity index (χ1v) is 14.4. The summed E-state index contributed by atoms with van der Waals surface area (Å²) >= 11 is 0. The average molecular weight is 564 g/mol. The minimum absolute atomic E-state index is 0.108. The van der Waals surface area contributed by atoms with Gasteiger partial charge in [0.15, 0.2) is 0 Å². The second kappa shape index (κ2) is 10.4. The van der Waals surface area contributed by atoms with Crippen molar-refractivity contribution in [1.29, 1.82) is 0 Å². The van der Waals surface area contributed by atoms with Gasteiger partial charge in [0.2, 0.25) is 5.91 Å². The van der Waals surface area contributed by atoms with E-state index in [2.05, 4.69) is 10.3 Å². The van der Waals surface area contributed by atoms with E-state index >= 15 is 0 Å². The highest BCUT2D eigenvalue weighted by molar-refractivity contribution is 5.99. The fraction of sp³-hybridized carbons (Fsp3) is 0.567. The molecule has 1 aromatic carbocycles. The maximum atomic E-state index is 14.6. The minimum Gasteiger partial charge on any atom is -0.465 e. The van der Waals surface area contributed by atoms with E-state index in [-0.39, 0.29) is 44.2 Å². The van der Waals surface area contributed by atoms with Gasteiger partial charge in [0.25, 0.3) is 5.91 Å². The Balaban J connectivity index is 1.46. The second-order valence-corrected chi connectivity index (χ2v) is 12.0. The quantitative estimate of drug-likeness (QED) is 0.433. The topological polar surface area (TPSA) is 127 Å². The van der Waals surface area contributed by atoms with E-state index in [1.165, 1.54) is 4.90 Å². The molecule has 0 saturated carbocycles. The van der Waals surface area contributed by atoms with E-state index < -0.39 is 41.1 Å². The minimum atomic E-state index is -1.42. The second-order valence-electron chi connectivity index (χ2n) is 12.0.